The Morgan fingerprint density at radius 2 is 1.63 bits per heavy atom. The number of carbonyl (C=O) groups is 1. The molecular formula is C21H18Cl2N2O4S. The van der Waals surface area contributed by atoms with Gasteiger partial charge in [0.25, 0.3) is 15.9 Å². The van der Waals surface area contributed by atoms with Crippen LogP contribution in [-0.4, -0.2) is 27.5 Å². The van der Waals surface area contributed by atoms with E-state index in [0.717, 1.165) is 0 Å². The zero-order valence-electron chi connectivity index (χ0n) is 15.6. The first-order valence-corrected chi connectivity index (χ1v) is 11.1. The lowest BCUT2D eigenvalue weighted by atomic mass is 10.2. The summed E-state index contributed by atoms with van der Waals surface area (Å²) in [6.45, 7) is 0.553. The Morgan fingerprint density at radius 1 is 0.933 bits per heavy atom. The lowest BCUT2D eigenvalue weighted by Gasteiger charge is -2.11. The fraction of sp³-hybridized carbons (Fsp3) is 0.0952. The van der Waals surface area contributed by atoms with Crippen LogP contribution in [0, 0.1) is 0 Å². The zero-order valence-corrected chi connectivity index (χ0v) is 18.0. The van der Waals surface area contributed by atoms with E-state index in [0.29, 0.717) is 16.3 Å². The second-order valence-electron chi connectivity index (χ2n) is 6.17. The summed E-state index contributed by atoms with van der Waals surface area (Å²) in [6, 6.07) is 19.2. The van der Waals surface area contributed by atoms with Crippen LogP contribution < -0.4 is 14.8 Å². The third kappa shape index (κ3) is 5.89. The summed E-state index contributed by atoms with van der Waals surface area (Å²) < 4.78 is 32.8. The van der Waals surface area contributed by atoms with Crippen molar-refractivity contribution in [2.45, 2.75) is 4.90 Å². The van der Waals surface area contributed by atoms with E-state index < -0.39 is 10.0 Å². The lowest BCUT2D eigenvalue weighted by molar-refractivity contribution is 0.0947. The van der Waals surface area contributed by atoms with Crippen LogP contribution in [0.2, 0.25) is 10.0 Å². The molecule has 30 heavy (non-hydrogen) atoms. The molecule has 0 saturated carbocycles. The van der Waals surface area contributed by atoms with E-state index in [1.807, 2.05) is 0 Å². The van der Waals surface area contributed by atoms with Gasteiger partial charge in [0, 0.05) is 10.6 Å². The van der Waals surface area contributed by atoms with Crippen molar-refractivity contribution in [3.8, 4) is 5.75 Å². The Hall–Kier alpha value is -2.74. The molecule has 1 amide bonds. The van der Waals surface area contributed by atoms with Crippen molar-refractivity contribution in [1.29, 1.82) is 0 Å². The minimum atomic E-state index is -3.78. The Bertz CT molecular complexity index is 1120. The van der Waals surface area contributed by atoms with Crippen LogP contribution in [0.25, 0.3) is 0 Å². The molecule has 0 radical (unpaired) electrons. The van der Waals surface area contributed by atoms with E-state index >= 15 is 0 Å². The molecule has 0 aromatic heterocycles. The first kappa shape index (κ1) is 22.0. The largest absolute Gasteiger partial charge is 0.492 e. The number of rotatable bonds is 8. The summed E-state index contributed by atoms with van der Waals surface area (Å²) in [5, 5.41) is 3.44. The quantitative estimate of drug-likeness (QED) is 0.476. The number of halogens is 2. The predicted octanol–water partition coefficient (Wildman–Crippen LogP) is 4.60. The van der Waals surface area contributed by atoms with Crippen molar-refractivity contribution in [3.63, 3.8) is 0 Å². The zero-order chi connectivity index (χ0) is 21.6. The third-order valence-electron chi connectivity index (χ3n) is 4.00. The molecule has 3 rings (SSSR count). The van der Waals surface area contributed by atoms with Crippen LogP contribution in [0.1, 0.15) is 10.4 Å². The van der Waals surface area contributed by atoms with Gasteiger partial charge in [-0.2, -0.15) is 0 Å². The highest BCUT2D eigenvalue weighted by Gasteiger charge is 2.16. The summed E-state index contributed by atoms with van der Waals surface area (Å²) in [5.41, 5.74) is 0.484. The van der Waals surface area contributed by atoms with Gasteiger partial charge in [-0.25, -0.2) is 8.42 Å². The molecule has 9 heteroatoms. The molecule has 0 heterocycles. The number of carbonyl (C=O) groups excluding carboxylic acids is 1. The van der Waals surface area contributed by atoms with Crippen molar-refractivity contribution in [2.24, 2.45) is 0 Å². The van der Waals surface area contributed by atoms with Gasteiger partial charge in [-0.15, -0.1) is 0 Å². The maximum Gasteiger partial charge on any atom is 0.261 e. The number of benzene rings is 3. The van der Waals surface area contributed by atoms with E-state index in [4.69, 9.17) is 27.9 Å². The number of hydrogen-bond acceptors (Lipinski definition) is 4. The number of anilines is 1. The molecule has 0 aliphatic carbocycles. The van der Waals surface area contributed by atoms with Gasteiger partial charge in [0.1, 0.15) is 12.4 Å². The van der Waals surface area contributed by atoms with Gasteiger partial charge >= 0.3 is 0 Å². The Morgan fingerprint density at radius 3 is 2.30 bits per heavy atom. The monoisotopic (exact) mass is 464 g/mol. The van der Waals surface area contributed by atoms with E-state index in [2.05, 4.69) is 10.0 Å². The van der Waals surface area contributed by atoms with Crippen molar-refractivity contribution in [3.05, 3.63) is 88.4 Å². The van der Waals surface area contributed by atoms with Crippen LogP contribution in [0.5, 0.6) is 5.75 Å². The lowest BCUT2D eigenvalue weighted by Crippen LogP contribution is -2.28. The molecular weight excluding hydrogens is 447 g/mol. The van der Waals surface area contributed by atoms with Crippen molar-refractivity contribution in [1.82, 2.24) is 5.32 Å². The molecule has 6 nitrogen and oxygen atoms in total. The second kappa shape index (κ2) is 9.84. The van der Waals surface area contributed by atoms with Crippen molar-refractivity contribution in [2.75, 3.05) is 17.9 Å². The first-order valence-electron chi connectivity index (χ1n) is 8.89. The van der Waals surface area contributed by atoms with E-state index in [-0.39, 0.29) is 34.7 Å². The van der Waals surface area contributed by atoms with E-state index in [1.165, 1.54) is 30.3 Å². The molecule has 0 saturated heterocycles. The molecule has 0 spiro atoms. The summed E-state index contributed by atoms with van der Waals surface area (Å²) in [4.78, 5) is 12.4. The number of hydrogen-bond donors (Lipinski definition) is 2. The maximum absolute atomic E-state index is 12.4. The molecule has 0 atom stereocenters. The molecule has 0 aliphatic heterocycles. The second-order valence-corrected chi connectivity index (χ2v) is 8.70. The highest BCUT2D eigenvalue weighted by Crippen LogP contribution is 2.26. The van der Waals surface area contributed by atoms with Crippen LogP contribution in [-0.2, 0) is 10.0 Å². The van der Waals surface area contributed by atoms with Crippen LogP contribution in [0.15, 0.2) is 77.7 Å². The highest BCUT2D eigenvalue weighted by atomic mass is 35.5. The molecule has 0 bridgehead atoms. The molecule has 2 N–H and O–H groups in total. The van der Waals surface area contributed by atoms with Crippen molar-refractivity contribution >= 4 is 44.8 Å². The van der Waals surface area contributed by atoms with Crippen LogP contribution in [0.4, 0.5) is 5.69 Å². The Balaban J connectivity index is 1.56. The van der Waals surface area contributed by atoms with Gasteiger partial charge in [0.2, 0.25) is 0 Å². The highest BCUT2D eigenvalue weighted by molar-refractivity contribution is 7.92. The van der Waals surface area contributed by atoms with Gasteiger partial charge in [0.15, 0.2) is 0 Å². The average Bonchev–Trinajstić information content (AvgIpc) is 2.74. The van der Waals surface area contributed by atoms with Crippen LogP contribution in [0.3, 0.4) is 0 Å². The summed E-state index contributed by atoms with van der Waals surface area (Å²) in [6.07, 6.45) is 0. The number of amides is 1. The van der Waals surface area contributed by atoms with Crippen LogP contribution >= 0.6 is 23.2 Å². The van der Waals surface area contributed by atoms with Gasteiger partial charge in [-0.1, -0.05) is 41.4 Å². The fourth-order valence-electron chi connectivity index (χ4n) is 2.51. The number of nitrogens with one attached hydrogen (secondary N) is 2. The first-order chi connectivity index (χ1) is 14.3. The fourth-order valence-corrected chi connectivity index (χ4v) is 4.02. The Kier molecular flexibility index (Phi) is 7.20. The summed E-state index contributed by atoms with van der Waals surface area (Å²) in [5.74, 6) is 0.292. The molecule has 3 aromatic carbocycles. The Labute approximate surface area is 184 Å². The van der Waals surface area contributed by atoms with Gasteiger partial charge < -0.3 is 10.1 Å². The molecule has 0 aliphatic rings. The maximum atomic E-state index is 12.4. The topological polar surface area (TPSA) is 84.5 Å². The minimum absolute atomic E-state index is 0.111. The van der Waals surface area contributed by atoms with E-state index in [9.17, 15) is 13.2 Å². The average molecular weight is 465 g/mol. The van der Waals surface area contributed by atoms with E-state index in [1.54, 1.807) is 42.5 Å². The predicted molar refractivity (Wildman–Crippen MR) is 118 cm³/mol. The molecule has 156 valence electrons. The number of sulfonamides is 1. The third-order valence-corrected chi connectivity index (χ3v) is 5.95. The van der Waals surface area contributed by atoms with Gasteiger partial charge in [0.05, 0.1) is 22.2 Å². The molecule has 0 unspecified atom stereocenters. The number of ether oxygens (including phenoxy) is 1. The smallest absolute Gasteiger partial charge is 0.261 e. The minimum Gasteiger partial charge on any atom is -0.492 e. The van der Waals surface area contributed by atoms with Crippen molar-refractivity contribution < 1.29 is 17.9 Å². The van der Waals surface area contributed by atoms with Gasteiger partial charge in [-0.3, -0.25) is 9.52 Å². The SMILES string of the molecule is O=C(NCCOc1ccc(Cl)cc1)c1ccc(NS(=O)(=O)c2ccccc2)c(Cl)c1. The summed E-state index contributed by atoms with van der Waals surface area (Å²) in [7, 11) is -3.78. The molecule has 3 aromatic rings. The summed E-state index contributed by atoms with van der Waals surface area (Å²) >= 11 is 12.0. The normalized spacial score (nSPS) is 11.0. The standard InChI is InChI=1S/C21H18Cl2N2O4S/c22-16-7-9-17(10-8-16)29-13-12-24-21(26)15-6-11-20(19(23)14-15)25-30(27,28)18-4-2-1-3-5-18/h1-11,14,25H,12-13H2,(H,24,26). The molecule has 0 fully saturated rings. The van der Waals surface area contributed by atoms with Gasteiger partial charge in [-0.05, 0) is 54.6 Å².